The van der Waals surface area contributed by atoms with E-state index >= 15 is 0 Å². The molecule has 0 bridgehead atoms. The van der Waals surface area contributed by atoms with Gasteiger partial charge in [-0.15, -0.1) is 0 Å². The summed E-state index contributed by atoms with van der Waals surface area (Å²) in [6.07, 6.45) is 4.62. The predicted octanol–water partition coefficient (Wildman–Crippen LogP) is 5.20. The fraction of sp³-hybridized carbons (Fsp3) is 0.222. The normalized spacial score (nSPS) is 11.6. The smallest absolute Gasteiger partial charge is 0.0227 e. The van der Waals surface area contributed by atoms with E-state index < -0.39 is 0 Å². The van der Waals surface area contributed by atoms with Gasteiger partial charge in [-0.05, 0) is 35.6 Å². The molecule has 2 aromatic rings. The predicted molar refractivity (Wildman–Crippen MR) is 80.4 cm³/mol. The van der Waals surface area contributed by atoms with E-state index in [2.05, 4.69) is 74.5 Å². The molecule has 0 aromatic heterocycles. The largest absolute Gasteiger partial charge is 0.0651 e. The van der Waals surface area contributed by atoms with Gasteiger partial charge in [-0.25, -0.2) is 0 Å². The molecule has 0 saturated heterocycles. The topological polar surface area (TPSA) is 0 Å². The van der Waals surface area contributed by atoms with E-state index in [-0.39, 0.29) is 0 Å². The van der Waals surface area contributed by atoms with Crippen molar-refractivity contribution in [2.24, 2.45) is 0 Å². The third kappa shape index (κ3) is 3.33. The summed E-state index contributed by atoms with van der Waals surface area (Å²) in [5, 5.41) is 0. The fourth-order valence-electron chi connectivity index (χ4n) is 2.10. The van der Waals surface area contributed by atoms with Crippen LogP contribution in [0.5, 0.6) is 0 Å². The summed E-state index contributed by atoms with van der Waals surface area (Å²) in [5.74, 6) is 0. The monoisotopic (exact) mass is 236 g/mol. The average molecular weight is 236 g/mol. The zero-order chi connectivity index (χ0) is 12.8. The molecule has 0 saturated carbocycles. The van der Waals surface area contributed by atoms with Crippen LogP contribution in [0.3, 0.4) is 0 Å². The van der Waals surface area contributed by atoms with Crippen molar-refractivity contribution >= 4 is 11.6 Å². The van der Waals surface area contributed by atoms with Crippen LogP contribution in [0.1, 0.15) is 37.0 Å². The third-order valence-electron chi connectivity index (χ3n) is 3.13. The molecule has 0 amide bonds. The van der Waals surface area contributed by atoms with Gasteiger partial charge in [0, 0.05) is 0 Å². The fourth-order valence-corrected chi connectivity index (χ4v) is 2.10. The van der Waals surface area contributed by atoms with Crippen LogP contribution in [0, 0.1) is 0 Å². The van der Waals surface area contributed by atoms with Gasteiger partial charge in [0.25, 0.3) is 0 Å². The van der Waals surface area contributed by atoms with E-state index in [1.807, 2.05) is 0 Å². The first-order chi connectivity index (χ1) is 8.79. The summed E-state index contributed by atoms with van der Waals surface area (Å²) < 4.78 is 0. The quantitative estimate of drug-likeness (QED) is 0.640. The summed E-state index contributed by atoms with van der Waals surface area (Å²) in [6.45, 7) is 4.38. The van der Waals surface area contributed by atoms with E-state index in [1.165, 1.54) is 35.1 Å². The van der Waals surface area contributed by atoms with Crippen LogP contribution in [0.4, 0.5) is 0 Å². The van der Waals surface area contributed by atoms with Crippen LogP contribution in [0.2, 0.25) is 0 Å². The summed E-state index contributed by atoms with van der Waals surface area (Å²) >= 11 is 0. The molecule has 0 aliphatic rings. The Labute approximate surface area is 110 Å². The molecular weight excluding hydrogens is 216 g/mol. The molecule has 0 aliphatic carbocycles. The molecule has 92 valence electrons. The maximum absolute atomic E-state index is 2.24. The van der Waals surface area contributed by atoms with E-state index in [4.69, 9.17) is 0 Å². The van der Waals surface area contributed by atoms with Crippen molar-refractivity contribution in [1.82, 2.24) is 0 Å². The van der Waals surface area contributed by atoms with E-state index in [0.717, 1.165) is 0 Å². The second-order valence-electron chi connectivity index (χ2n) is 4.68. The first kappa shape index (κ1) is 12.6. The van der Waals surface area contributed by atoms with Gasteiger partial charge in [-0.1, -0.05) is 74.0 Å². The molecule has 0 radical (unpaired) electrons. The maximum atomic E-state index is 2.24. The molecule has 0 heteroatoms. The zero-order valence-corrected chi connectivity index (χ0v) is 11.2. The molecule has 0 atom stereocenters. The standard InChI is InChI=1S/C18H20/c1-3-7-16-10-12-17(13-11-16)14-15(2)18-8-5-4-6-9-18/h4-6,8-14H,3,7H2,1-2H3. The SMILES string of the molecule is CCCc1ccc(C=C(C)c2ccccc2)cc1. The van der Waals surface area contributed by atoms with Crippen LogP contribution in [-0.4, -0.2) is 0 Å². The average Bonchev–Trinajstić information content (AvgIpc) is 2.42. The van der Waals surface area contributed by atoms with E-state index in [9.17, 15) is 0 Å². The summed E-state index contributed by atoms with van der Waals surface area (Å²) in [5.41, 5.74) is 5.29. The second kappa shape index (κ2) is 6.20. The summed E-state index contributed by atoms with van der Waals surface area (Å²) in [6, 6.07) is 19.4. The highest BCUT2D eigenvalue weighted by Gasteiger charge is 1.96. The van der Waals surface area contributed by atoms with E-state index in [1.54, 1.807) is 0 Å². The van der Waals surface area contributed by atoms with Gasteiger partial charge in [0.05, 0.1) is 0 Å². The third-order valence-corrected chi connectivity index (χ3v) is 3.13. The number of allylic oxidation sites excluding steroid dienone is 1. The summed E-state index contributed by atoms with van der Waals surface area (Å²) in [4.78, 5) is 0. The Morgan fingerprint density at radius 1 is 0.944 bits per heavy atom. The van der Waals surface area contributed by atoms with Crippen molar-refractivity contribution in [2.45, 2.75) is 26.7 Å². The second-order valence-corrected chi connectivity index (χ2v) is 4.68. The van der Waals surface area contributed by atoms with Crippen molar-refractivity contribution in [3.63, 3.8) is 0 Å². The number of benzene rings is 2. The Morgan fingerprint density at radius 2 is 1.61 bits per heavy atom. The van der Waals surface area contributed by atoms with Crippen LogP contribution >= 0.6 is 0 Å². The Bertz CT molecular complexity index is 503. The summed E-state index contributed by atoms with van der Waals surface area (Å²) in [7, 11) is 0. The zero-order valence-electron chi connectivity index (χ0n) is 11.2. The minimum Gasteiger partial charge on any atom is -0.0651 e. The molecule has 2 rings (SSSR count). The van der Waals surface area contributed by atoms with Gasteiger partial charge >= 0.3 is 0 Å². The Balaban J connectivity index is 2.17. The Morgan fingerprint density at radius 3 is 2.22 bits per heavy atom. The van der Waals surface area contributed by atoms with Crippen molar-refractivity contribution in [3.8, 4) is 0 Å². The highest BCUT2D eigenvalue weighted by atomic mass is 14.0. The number of hydrogen-bond donors (Lipinski definition) is 0. The van der Waals surface area contributed by atoms with Gasteiger partial charge < -0.3 is 0 Å². The minimum absolute atomic E-state index is 1.17. The van der Waals surface area contributed by atoms with Gasteiger partial charge in [0.15, 0.2) is 0 Å². The molecule has 0 heterocycles. The van der Waals surface area contributed by atoms with Crippen LogP contribution < -0.4 is 0 Å². The Kier molecular flexibility index (Phi) is 4.35. The van der Waals surface area contributed by atoms with E-state index in [0.29, 0.717) is 0 Å². The maximum Gasteiger partial charge on any atom is -0.0227 e. The van der Waals surface area contributed by atoms with Gasteiger partial charge in [-0.3, -0.25) is 0 Å². The van der Waals surface area contributed by atoms with Crippen molar-refractivity contribution in [1.29, 1.82) is 0 Å². The molecule has 0 fully saturated rings. The highest BCUT2D eigenvalue weighted by molar-refractivity contribution is 5.80. The lowest BCUT2D eigenvalue weighted by atomic mass is 10.0. The number of hydrogen-bond acceptors (Lipinski definition) is 0. The molecule has 2 aromatic carbocycles. The molecular formula is C18H20. The molecule has 0 N–H and O–H groups in total. The first-order valence-electron chi connectivity index (χ1n) is 6.62. The lowest BCUT2D eigenvalue weighted by Gasteiger charge is -2.03. The Hall–Kier alpha value is -1.82. The number of rotatable bonds is 4. The molecule has 0 unspecified atom stereocenters. The molecule has 0 nitrogen and oxygen atoms in total. The number of aryl methyl sites for hydroxylation is 1. The van der Waals surface area contributed by atoms with Crippen molar-refractivity contribution in [3.05, 3.63) is 71.3 Å². The van der Waals surface area contributed by atoms with Crippen LogP contribution in [0.25, 0.3) is 11.6 Å². The first-order valence-corrected chi connectivity index (χ1v) is 6.62. The lowest BCUT2D eigenvalue weighted by molar-refractivity contribution is 0.922. The van der Waals surface area contributed by atoms with Gasteiger partial charge in [-0.2, -0.15) is 0 Å². The minimum atomic E-state index is 1.17. The van der Waals surface area contributed by atoms with Crippen molar-refractivity contribution < 1.29 is 0 Å². The molecule has 0 aliphatic heterocycles. The van der Waals surface area contributed by atoms with Gasteiger partial charge in [0.2, 0.25) is 0 Å². The van der Waals surface area contributed by atoms with Gasteiger partial charge in [0.1, 0.15) is 0 Å². The molecule has 18 heavy (non-hydrogen) atoms. The van der Waals surface area contributed by atoms with Crippen molar-refractivity contribution in [2.75, 3.05) is 0 Å². The van der Waals surface area contributed by atoms with Crippen LogP contribution in [0.15, 0.2) is 54.6 Å². The lowest BCUT2D eigenvalue weighted by Crippen LogP contribution is -1.83. The highest BCUT2D eigenvalue weighted by Crippen LogP contribution is 2.17. The van der Waals surface area contributed by atoms with Crippen LogP contribution in [-0.2, 0) is 6.42 Å². The molecule has 0 spiro atoms.